The summed E-state index contributed by atoms with van der Waals surface area (Å²) in [5.74, 6) is -0.227. The molecular formula is C26H30ClF4N7O3S. The van der Waals surface area contributed by atoms with Crippen molar-refractivity contribution in [1.29, 1.82) is 0 Å². The molecule has 42 heavy (non-hydrogen) atoms. The highest BCUT2D eigenvalue weighted by Crippen LogP contribution is 2.37. The van der Waals surface area contributed by atoms with E-state index in [1.807, 2.05) is 6.07 Å². The molecule has 2 saturated heterocycles. The lowest BCUT2D eigenvalue weighted by atomic mass is 10.1. The molecule has 0 radical (unpaired) electrons. The first-order chi connectivity index (χ1) is 19.6. The van der Waals surface area contributed by atoms with E-state index in [0.29, 0.717) is 36.4 Å². The predicted octanol–water partition coefficient (Wildman–Crippen LogP) is 3.74. The summed E-state index contributed by atoms with van der Waals surface area (Å²) < 4.78 is 82.3. The van der Waals surface area contributed by atoms with Gasteiger partial charge < -0.3 is 10.4 Å². The Balaban J connectivity index is 1.37. The van der Waals surface area contributed by atoms with E-state index in [0.717, 1.165) is 22.7 Å². The van der Waals surface area contributed by atoms with Crippen LogP contribution in [0, 0.1) is 0 Å². The largest absolute Gasteiger partial charge is 0.419 e. The normalized spacial score (nSPS) is 24.3. The summed E-state index contributed by atoms with van der Waals surface area (Å²) in [6, 6.07) is 4.41. The van der Waals surface area contributed by atoms with Crippen molar-refractivity contribution in [3.8, 4) is 16.9 Å². The van der Waals surface area contributed by atoms with Crippen molar-refractivity contribution in [2.75, 3.05) is 37.8 Å². The van der Waals surface area contributed by atoms with Gasteiger partial charge >= 0.3 is 6.18 Å². The van der Waals surface area contributed by atoms with Crippen LogP contribution in [0.5, 0.6) is 0 Å². The summed E-state index contributed by atoms with van der Waals surface area (Å²) in [4.78, 5) is 9.93. The number of nitrogens with one attached hydrogen (secondary N) is 1. The summed E-state index contributed by atoms with van der Waals surface area (Å²) >= 11 is 6.53. The summed E-state index contributed by atoms with van der Waals surface area (Å²) in [6.07, 6.45) is -1.44. The molecule has 16 heteroatoms. The van der Waals surface area contributed by atoms with Crippen molar-refractivity contribution in [2.45, 2.75) is 50.3 Å². The number of hydrogen-bond donors (Lipinski definition) is 2. The number of halogens is 5. The molecule has 3 aromatic rings. The van der Waals surface area contributed by atoms with E-state index in [-0.39, 0.29) is 31.0 Å². The summed E-state index contributed by atoms with van der Waals surface area (Å²) in [5.41, 5.74) is -0.893. The number of benzene rings is 1. The van der Waals surface area contributed by atoms with Crippen LogP contribution >= 0.6 is 11.6 Å². The molecule has 4 heterocycles. The maximum absolute atomic E-state index is 14.8. The summed E-state index contributed by atoms with van der Waals surface area (Å²) in [7, 11) is -3.58. The van der Waals surface area contributed by atoms with Gasteiger partial charge in [0.2, 0.25) is 16.0 Å². The van der Waals surface area contributed by atoms with Crippen LogP contribution in [-0.2, 0) is 22.7 Å². The zero-order valence-electron chi connectivity index (χ0n) is 22.8. The van der Waals surface area contributed by atoms with Gasteiger partial charge in [0.05, 0.1) is 40.5 Å². The van der Waals surface area contributed by atoms with Crippen molar-refractivity contribution in [1.82, 2.24) is 29.0 Å². The highest BCUT2D eigenvalue weighted by molar-refractivity contribution is 7.88. The second-order valence-corrected chi connectivity index (χ2v) is 13.4. The van der Waals surface area contributed by atoms with Crippen LogP contribution < -0.4 is 5.32 Å². The van der Waals surface area contributed by atoms with Crippen LogP contribution in [0.25, 0.3) is 16.9 Å². The first kappa shape index (κ1) is 30.6. The maximum atomic E-state index is 14.8. The molecule has 0 saturated carbocycles. The van der Waals surface area contributed by atoms with Crippen LogP contribution in [0.2, 0.25) is 5.02 Å². The monoisotopic (exact) mass is 631 g/mol. The number of aromatic nitrogens is 4. The highest BCUT2D eigenvalue weighted by atomic mass is 35.5. The third kappa shape index (κ3) is 6.86. The Labute approximate surface area is 245 Å². The molecular weight excluding hydrogens is 602 g/mol. The average molecular weight is 632 g/mol. The van der Waals surface area contributed by atoms with Gasteiger partial charge in [-0.3, -0.25) is 4.90 Å². The number of hydrogen-bond acceptors (Lipinski definition) is 8. The van der Waals surface area contributed by atoms with Crippen molar-refractivity contribution >= 4 is 27.6 Å². The van der Waals surface area contributed by atoms with Gasteiger partial charge in [-0.25, -0.2) is 27.5 Å². The van der Waals surface area contributed by atoms with Gasteiger partial charge in [0, 0.05) is 50.7 Å². The van der Waals surface area contributed by atoms with Crippen molar-refractivity contribution in [3.63, 3.8) is 0 Å². The molecule has 1 aromatic carbocycles. The second-order valence-electron chi connectivity index (χ2n) is 11.0. The minimum atomic E-state index is -4.78. The Bertz CT molecular complexity index is 1570. The second kappa shape index (κ2) is 11.3. The topological polar surface area (TPSA) is 116 Å². The number of β-amino-alcohol motifs (C(OH)–C–C–N with tert-alkyl or cyclic N) is 1. The highest BCUT2D eigenvalue weighted by Gasteiger charge is 2.37. The third-order valence-corrected chi connectivity index (χ3v) is 9.01. The number of aliphatic hydroxyl groups is 1. The Morgan fingerprint density at radius 1 is 1.24 bits per heavy atom. The smallest absolute Gasteiger partial charge is 0.389 e. The van der Waals surface area contributed by atoms with Crippen LogP contribution in [0.3, 0.4) is 0 Å². The number of nitrogens with zero attached hydrogens (tertiary/aromatic N) is 6. The fourth-order valence-electron chi connectivity index (χ4n) is 5.23. The molecule has 2 aromatic heterocycles. The fourth-order valence-corrected chi connectivity index (χ4v) is 6.37. The van der Waals surface area contributed by atoms with E-state index in [1.165, 1.54) is 17.1 Å². The molecule has 5 rings (SSSR count). The molecule has 228 valence electrons. The van der Waals surface area contributed by atoms with Gasteiger partial charge in [-0.2, -0.15) is 22.6 Å². The van der Waals surface area contributed by atoms with E-state index in [4.69, 9.17) is 11.6 Å². The molecule has 3 atom stereocenters. The molecule has 0 aliphatic carbocycles. The van der Waals surface area contributed by atoms with Crippen LogP contribution in [0.4, 0.5) is 23.5 Å². The van der Waals surface area contributed by atoms with E-state index < -0.39 is 45.3 Å². The quantitative estimate of drug-likeness (QED) is 0.379. The van der Waals surface area contributed by atoms with Crippen molar-refractivity contribution in [2.24, 2.45) is 0 Å². The van der Waals surface area contributed by atoms with E-state index >= 15 is 0 Å². The number of sulfonamides is 1. The third-order valence-electron chi connectivity index (χ3n) is 7.43. The predicted molar refractivity (Wildman–Crippen MR) is 148 cm³/mol. The minimum Gasteiger partial charge on any atom is -0.389 e. The molecule has 0 amide bonds. The standard InChI is InChI=1S/C26H30ClF4N7O3S/c1-25(39)6-8-36(15-25)12-16-3-4-22(19(27)9-16)38-13-17(10-33-38)23-18(26(29,30)31)11-32-24(35-23)34-21-5-7-37(14-20(21)28)42(2,40)41/h3-4,9-11,13,20-21,39H,5-8,12,14-15H2,1-2H3,(H,32,34,35)/t20-,21+,25-/m1/s1. The lowest BCUT2D eigenvalue weighted by Gasteiger charge is -2.33. The molecule has 2 fully saturated rings. The fraction of sp³-hybridized carbons (Fsp3) is 0.500. The first-order valence-corrected chi connectivity index (χ1v) is 15.4. The Kier molecular flexibility index (Phi) is 8.26. The minimum absolute atomic E-state index is 0.0379. The lowest BCUT2D eigenvalue weighted by molar-refractivity contribution is -0.137. The molecule has 2 aliphatic heterocycles. The molecule has 10 nitrogen and oxygen atoms in total. The van der Waals surface area contributed by atoms with E-state index in [2.05, 4.69) is 25.3 Å². The van der Waals surface area contributed by atoms with Gasteiger partial charge in [0.15, 0.2) is 0 Å². The van der Waals surface area contributed by atoms with Gasteiger partial charge in [0.1, 0.15) is 11.7 Å². The molecule has 0 unspecified atom stereocenters. The Morgan fingerprint density at radius 3 is 2.62 bits per heavy atom. The number of likely N-dealkylation sites (tertiary alicyclic amines) is 1. The molecule has 2 aliphatic rings. The van der Waals surface area contributed by atoms with Crippen LogP contribution in [0.15, 0.2) is 36.8 Å². The Morgan fingerprint density at radius 2 is 2.00 bits per heavy atom. The van der Waals surface area contributed by atoms with Gasteiger partial charge in [-0.05, 0) is 37.5 Å². The summed E-state index contributed by atoms with van der Waals surface area (Å²) in [5, 5.41) is 17.5. The van der Waals surface area contributed by atoms with Crippen molar-refractivity contribution in [3.05, 3.63) is 52.9 Å². The van der Waals surface area contributed by atoms with E-state index in [1.54, 1.807) is 19.1 Å². The first-order valence-electron chi connectivity index (χ1n) is 13.2. The average Bonchev–Trinajstić information content (AvgIpc) is 3.50. The number of rotatable bonds is 7. The number of piperidine rings is 1. The number of alkyl halides is 4. The summed E-state index contributed by atoms with van der Waals surface area (Å²) in [6.45, 7) is 3.33. The zero-order chi connectivity index (χ0) is 30.4. The van der Waals surface area contributed by atoms with Gasteiger partial charge in [0.25, 0.3) is 0 Å². The molecule has 0 bridgehead atoms. The zero-order valence-corrected chi connectivity index (χ0v) is 24.4. The molecule has 0 spiro atoms. The van der Waals surface area contributed by atoms with Gasteiger partial charge in [-0.15, -0.1) is 0 Å². The maximum Gasteiger partial charge on any atom is 0.419 e. The van der Waals surface area contributed by atoms with Crippen LogP contribution in [0.1, 0.15) is 30.9 Å². The van der Waals surface area contributed by atoms with Gasteiger partial charge in [-0.1, -0.05) is 17.7 Å². The Hall–Kier alpha value is -2.85. The molecule has 2 N–H and O–H groups in total. The van der Waals surface area contributed by atoms with E-state index in [9.17, 15) is 31.1 Å². The van der Waals surface area contributed by atoms with Crippen molar-refractivity contribution < 1.29 is 31.1 Å². The van der Waals surface area contributed by atoms with Crippen LogP contribution in [-0.4, -0.2) is 92.7 Å². The SMILES string of the molecule is C[C@@]1(O)CCN(Cc2ccc(-n3cc(-c4nc(N[C@H]5CCN(S(C)(=O)=O)C[C@H]5F)ncc4C(F)(F)F)cn3)c(Cl)c2)C1. The lowest BCUT2D eigenvalue weighted by Crippen LogP contribution is -2.49. The number of anilines is 1.